The van der Waals surface area contributed by atoms with Crippen LogP contribution in [-0.2, 0) is 0 Å². The Labute approximate surface area is 114 Å². The van der Waals surface area contributed by atoms with Crippen molar-refractivity contribution in [1.82, 2.24) is 0 Å². The summed E-state index contributed by atoms with van der Waals surface area (Å²) in [4.78, 5) is 11.9. The number of anilines is 2. The third-order valence-electron chi connectivity index (χ3n) is 2.43. The second-order valence-corrected chi connectivity index (χ2v) is 4.36. The number of rotatable bonds is 2. The van der Waals surface area contributed by atoms with Crippen LogP contribution in [0.4, 0.5) is 11.4 Å². The summed E-state index contributed by atoms with van der Waals surface area (Å²) in [5.74, 6) is -0.899. The van der Waals surface area contributed by atoms with Gasteiger partial charge in [0.25, 0.3) is 5.91 Å². The summed E-state index contributed by atoms with van der Waals surface area (Å²) in [5, 5.41) is 21.7. The Morgan fingerprint density at radius 3 is 2.32 bits per heavy atom. The number of hydrogen-bond donors (Lipinski definition) is 4. The molecule has 0 atom stereocenters. The molecule has 0 fully saturated rings. The second-order valence-electron chi connectivity index (χ2n) is 3.92. The molecule has 2 aromatic carbocycles. The monoisotopic (exact) mass is 278 g/mol. The number of halogens is 1. The predicted octanol–water partition coefficient (Wildman–Crippen LogP) is 2.59. The topological polar surface area (TPSA) is 95.6 Å². The van der Waals surface area contributed by atoms with E-state index in [1.54, 1.807) is 12.1 Å². The highest BCUT2D eigenvalue weighted by Gasteiger charge is 2.10. The number of nitrogens with one attached hydrogen (secondary N) is 1. The zero-order valence-electron chi connectivity index (χ0n) is 9.72. The van der Waals surface area contributed by atoms with Gasteiger partial charge in [0, 0.05) is 16.7 Å². The van der Waals surface area contributed by atoms with Crippen LogP contribution in [-0.4, -0.2) is 16.1 Å². The molecular weight excluding hydrogens is 268 g/mol. The Morgan fingerprint density at radius 2 is 1.74 bits per heavy atom. The molecule has 0 saturated heterocycles. The smallest absolute Gasteiger partial charge is 0.255 e. The Kier molecular flexibility index (Phi) is 3.48. The van der Waals surface area contributed by atoms with E-state index in [0.29, 0.717) is 16.4 Å². The summed E-state index contributed by atoms with van der Waals surface area (Å²) >= 11 is 5.75. The lowest BCUT2D eigenvalue weighted by Gasteiger charge is -2.09. The lowest BCUT2D eigenvalue weighted by Crippen LogP contribution is -2.13. The number of benzene rings is 2. The van der Waals surface area contributed by atoms with E-state index < -0.39 is 5.91 Å². The molecule has 98 valence electrons. The number of hydrogen-bond acceptors (Lipinski definition) is 4. The maximum atomic E-state index is 11.9. The molecule has 5 N–H and O–H groups in total. The van der Waals surface area contributed by atoms with Gasteiger partial charge in [-0.15, -0.1) is 0 Å². The lowest BCUT2D eigenvalue weighted by molar-refractivity contribution is 0.102. The van der Waals surface area contributed by atoms with Gasteiger partial charge in [0.05, 0.1) is 11.4 Å². The molecule has 0 radical (unpaired) electrons. The van der Waals surface area contributed by atoms with Crippen molar-refractivity contribution in [2.45, 2.75) is 0 Å². The predicted molar refractivity (Wildman–Crippen MR) is 73.6 cm³/mol. The number of nitrogen functional groups attached to an aromatic ring is 1. The van der Waals surface area contributed by atoms with E-state index in [2.05, 4.69) is 5.32 Å². The third-order valence-corrected chi connectivity index (χ3v) is 2.66. The highest BCUT2D eigenvalue weighted by Crippen LogP contribution is 2.25. The molecule has 0 heterocycles. The second kappa shape index (κ2) is 5.07. The van der Waals surface area contributed by atoms with E-state index in [4.69, 9.17) is 17.3 Å². The zero-order valence-corrected chi connectivity index (χ0v) is 10.5. The number of phenols is 2. The van der Waals surface area contributed by atoms with Crippen LogP contribution in [0.1, 0.15) is 10.4 Å². The van der Waals surface area contributed by atoms with E-state index >= 15 is 0 Å². The molecule has 6 heteroatoms. The van der Waals surface area contributed by atoms with E-state index in [1.165, 1.54) is 18.2 Å². The summed E-state index contributed by atoms with van der Waals surface area (Å²) in [5.41, 5.74) is 6.55. The van der Waals surface area contributed by atoms with Gasteiger partial charge in [0.1, 0.15) is 11.5 Å². The summed E-state index contributed by atoms with van der Waals surface area (Å²) in [7, 11) is 0. The van der Waals surface area contributed by atoms with Gasteiger partial charge in [0.15, 0.2) is 0 Å². The molecule has 2 aromatic rings. The van der Waals surface area contributed by atoms with Crippen LogP contribution in [0.15, 0.2) is 36.4 Å². The van der Waals surface area contributed by atoms with E-state index in [0.717, 1.165) is 6.07 Å². The van der Waals surface area contributed by atoms with Crippen LogP contribution in [0, 0.1) is 0 Å². The van der Waals surface area contributed by atoms with Crippen LogP contribution in [0.3, 0.4) is 0 Å². The first-order valence-corrected chi connectivity index (χ1v) is 5.73. The van der Waals surface area contributed by atoms with Gasteiger partial charge in [-0.2, -0.15) is 0 Å². The number of aromatic hydroxyl groups is 2. The van der Waals surface area contributed by atoms with Gasteiger partial charge >= 0.3 is 0 Å². The Bertz CT molecular complexity index is 624. The normalized spacial score (nSPS) is 10.2. The van der Waals surface area contributed by atoms with Crippen molar-refractivity contribution < 1.29 is 15.0 Å². The molecule has 0 bridgehead atoms. The van der Waals surface area contributed by atoms with Crippen molar-refractivity contribution in [3.05, 3.63) is 47.0 Å². The first-order valence-electron chi connectivity index (χ1n) is 5.35. The molecule has 0 saturated carbocycles. The molecule has 0 aromatic heterocycles. The fraction of sp³-hybridized carbons (Fsp3) is 0. The molecule has 1 amide bonds. The molecule has 0 aliphatic carbocycles. The van der Waals surface area contributed by atoms with Crippen LogP contribution in [0.25, 0.3) is 0 Å². The van der Waals surface area contributed by atoms with Crippen LogP contribution in [0.2, 0.25) is 5.02 Å². The molecule has 0 aliphatic heterocycles. The van der Waals surface area contributed by atoms with E-state index in [1.807, 2.05) is 0 Å². The van der Waals surface area contributed by atoms with Crippen molar-refractivity contribution in [2.24, 2.45) is 0 Å². The number of phenolic OH excluding ortho intramolecular Hbond substituents is 2. The Morgan fingerprint density at radius 1 is 1.11 bits per heavy atom. The number of carbonyl (C=O) groups excluding carboxylic acids is 1. The highest BCUT2D eigenvalue weighted by molar-refractivity contribution is 6.31. The molecule has 5 nitrogen and oxygen atoms in total. The van der Waals surface area contributed by atoms with Gasteiger partial charge in [-0.25, -0.2) is 0 Å². The zero-order chi connectivity index (χ0) is 14.0. The van der Waals surface area contributed by atoms with Gasteiger partial charge in [0.2, 0.25) is 0 Å². The SMILES string of the molecule is Nc1cc(Cl)ccc1NC(=O)c1cc(O)cc(O)c1. The molecule has 0 aliphatic rings. The largest absolute Gasteiger partial charge is 0.508 e. The molecule has 0 unspecified atom stereocenters. The number of carbonyl (C=O) groups is 1. The van der Waals surface area contributed by atoms with Crippen molar-refractivity contribution in [2.75, 3.05) is 11.1 Å². The van der Waals surface area contributed by atoms with Gasteiger partial charge in [-0.05, 0) is 30.3 Å². The van der Waals surface area contributed by atoms with Gasteiger partial charge < -0.3 is 21.3 Å². The van der Waals surface area contributed by atoms with E-state index in [-0.39, 0.29) is 17.1 Å². The number of amides is 1. The van der Waals surface area contributed by atoms with Crippen molar-refractivity contribution >= 4 is 28.9 Å². The summed E-state index contributed by atoms with van der Waals surface area (Å²) in [6.45, 7) is 0. The summed E-state index contributed by atoms with van der Waals surface area (Å²) < 4.78 is 0. The first kappa shape index (κ1) is 13.0. The van der Waals surface area contributed by atoms with Crippen LogP contribution < -0.4 is 11.1 Å². The first-order chi connectivity index (χ1) is 8.95. The molecular formula is C13H11ClN2O3. The van der Waals surface area contributed by atoms with Crippen LogP contribution >= 0.6 is 11.6 Å². The molecule has 0 spiro atoms. The third kappa shape index (κ3) is 3.08. The van der Waals surface area contributed by atoms with Crippen molar-refractivity contribution in [1.29, 1.82) is 0 Å². The quantitative estimate of drug-likeness (QED) is 0.635. The van der Waals surface area contributed by atoms with Gasteiger partial charge in [-0.3, -0.25) is 4.79 Å². The fourth-order valence-corrected chi connectivity index (χ4v) is 1.75. The molecule has 19 heavy (non-hydrogen) atoms. The fourth-order valence-electron chi connectivity index (χ4n) is 1.57. The average molecular weight is 279 g/mol. The Balaban J connectivity index is 2.25. The van der Waals surface area contributed by atoms with Crippen molar-refractivity contribution in [3.8, 4) is 11.5 Å². The minimum absolute atomic E-state index is 0.117. The Hall–Kier alpha value is -2.40. The van der Waals surface area contributed by atoms with Crippen LogP contribution in [0.5, 0.6) is 11.5 Å². The minimum atomic E-state index is -0.500. The highest BCUT2D eigenvalue weighted by atomic mass is 35.5. The summed E-state index contributed by atoms with van der Waals surface area (Å²) in [6, 6.07) is 8.28. The standard InChI is InChI=1S/C13H11ClN2O3/c14-8-1-2-12(11(15)5-8)16-13(19)7-3-9(17)6-10(18)4-7/h1-6,17-18H,15H2,(H,16,19). The number of nitrogens with two attached hydrogens (primary N) is 1. The maximum absolute atomic E-state index is 11.9. The van der Waals surface area contributed by atoms with Gasteiger partial charge in [-0.1, -0.05) is 11.6 Å². The minimum Gasteiger partial charge on any atom is -0.508 e. The van der Waals surface area contributed by atoms with Crippen molar-refractivity contribution in [3.63, 3.8) is 0 Å². The summed E-state index contributed by atoms with van der Waals surface area (Å²) in [6.07, 6.45) is 0. The lowest BCUT2D eigenvalue weighted by atomic mass is 10.1. The molecule has 2 rings (SSSR count). The average Bonchev–Trinajstić information content (AvgIpc) is 2.31. The van der Waals surface area contributed by atoms with E-state index in [9.17, 15) is 15.0 Å². The maximum Gasteiger partial charge on any atom is 0.255 e.